The Balaban J connectivity index is 2.45. The third-order valence-corrected chi connectivity index (χ3v) is 2.28. The van der Waals surface area contributed by atoms with E-state index in [1.807, 2.05) is 0 Å². The first-order chi connectivity index (χ1) is 6.79. The van der Waals surface area contributed by atoms with Crippen molar-refractivity contribution < 1.29 is 19.4 Å². The van der Waals surface area contributed by atoms with E-state index in [0.29, 0.717) is 0 Å². The number of nitrogens with one attached hydrogen (secondary N) is 1. The van der Waals surface area contributed by atoms with Crippen LogP contribution in [-0.4, -0.2) is 50.1 Å². The molecule has 0 spiro atoms. The lowest BCUT2D eigenvalue weighted by atomic mass is 10.0. The fraction of sp³-hybridized carbons (Fsp3) is 0.889. The standard InChI is InChI=1S/C9H17NO4/c1-13-9(12)8-7(14-6-5-11)3-2-4-10-8/h7-8,10-11H,2-6H2,1H3. The van der Waals surface area contributed by atoms with Gasteiger partial charge < -0.3 is 19.9 Å². The molecule has 82 valence electrons. The summed E-state index contributed by atoms with van der Waals surface area (Å²) >= 11 is 0. The number of esters is 1. The van der Waals surface area contributed by atoms with Crippen molar-refractivity contribution >= 4 is 5.97 Å². The Morgan fingerprint density at radius 1 is 1.64 bits per heavy atom. The number of piperidine rings is 1. The molecule has 5 nitrogen and oxygen atoms in total. The van der Waals surface area contributed by atoms with E-state index < -0.39 is 0 Å². The molecule has 0 aromatic heterocycles. The zero-order valence-corrected chi connectivity index (χ0v) is 8.36. The van der Waals surface area contributed by atoms with Crippen molar-refractivity contribution in [2.45, 2.75) is 25.0 Å². The van der Waals surface area contributed by atoms with E-state index in [2.05, 4.69) is 10.1 Å². The molecule has 0 amide bonds. The summed E-state index contributed by atoms with van der Waals surface area (Å²) in [4.78, 5) is 11.3. The maximum Gasteiger partial charge on any atom is 0.325 e. The van der Waals surface area contributed by atoms with Gasteiger partial charge in [0.25, 0.3) is 0 Å². The third kappa shape index (κ3) is 2.94. The van der Waals surface area contributed by atoms with Gasteiger partial charge in [0.2, 0.25) is 0 Å². The molecule has 5 heteroatoms. The Labute approximate surface area is 83.4 Å². The lowest BCUT2D eigenvalue weighted by Crippen LogP contribution is -2.51. The molecule has 0 aliphatic carbocycles. The van der Waals surface area contributed by atoms with E-state index in [0.717, 1.165) is 19.4 Å². The first-order valence-corrected chi connectivity index (χ1v) is 4.83. The topological polar surface area (TPSA) is 67.8 Å². The summed E-state index contributed by atoms with van der Waals surface area (Å²) in [5, 5.41) is 11.7. The van der Waals surface area contributed by atoms with E-state index in [-0.39, 0.29) is 31.3 Å². The third-order valence-electron chi connectivity index (χ3n) is 2.28. The van der Waals surface area contributed by atoms with Gasteiger partial charge in [0, 0.05) is 0 Å². The van der Waals surface area contributed by atoms with Gasteiger partial charge in [-0.25, -0.2) is 0 Å². The van der Waals surface area contributed by atoms with Crippen molar-refractivity contribution in [3.05, 3.63) is 0 Å². The number of carbonyl (C=O) groups excluding carboxylic acids is 1. The van der Waals surface area contributed by atoms with Crippen molar-refractivity contribution in [2.75, 3.05) is 26.9 Å². The molecule has 1 rings (SSSR count). The van der Waals surface area contributed by atoms with Gasteiger partial charge in [0.15, 0.2) is 0 Å². The largest absolute Gasteiger partial charge is 0.468 e. The molecule has 1 aliphatic heterocycles. The second-order valence-electron chi connectivity index (χ2n) is 3.23. The SMILES string of the molecule is COC(=O)C1NCCCC1OCCO. The van der Waals surface area contributed by atoms with Gasteiger partial charge in [-0.1, -0.05) is 0 Å². The molecule has 1 heterocycles. The molecule has 0 bridgehead atoms. The highest BCUT2D eigenvalue weighted by Crippen LogP contribution is 2.13. The second-order valence-corrected chi connectivity index (χ2v) is 3.23. The van der Waals surface area contributed by atoms with Crippen molar-refractivity contribution in [3.8, 4) is 0 Å². The summed E-state index contributed by atoms with van der Waals surface area (Å²) < 4.78 is 10.0. The lowest BCUT2D eigenvalue weighted by molar-refractivity contribution is -0.149. The molecule has 2 atom stereocenters. The number of hydrogen-bond acceptors (Lipinski definition) is 5. The number of methoxy groups -OCH3 is 1. The van der Waals surface area contributed by atoms with Gasteiger partial charge in [0.1, 0.15) is 6.04 Å². The normalized spacial score (nSPS) is 27.3. The minimum absolute atomic E-state index is 0.0234. The van der Waals surface area contributed by atoms with Crippen LogP contribution in [0.2, 0.25) is 0 Å². The average molecular weight is 203 g/mol. The zero-order chi connectivity index (χ0) is 10.4. The number of aliphatic hydroxyl groups excluding tert-OH is 1. The number of ether oxygens (including phenoxy) is 2. The Kier molecular flexibility index (Phi) is 4.86. The summed E-state index contributed by atoms with van der Waals surface area (Å²) in [5.74, 6) is -0.298. The average Bonchev–Trinajstić information content (AvgIpc) is 2.25. The Morgan fingerprint density at radius 3 is 3.07 bits per heavy atom. The van der Waals surface area contributed by atoms with Crippen LogP contribution in [-0.2, 0) is 14.3 Å². The maximum absolute atomic E-state index is 11.3. The van der Waals surface area contributed by atoms with Crippen molar-refractivity contribution in [2.24, 2.45) is 0 Å². The molecule has 0 aromatic rings. The quantitative estimate of drug-likeness (QED) is 0.591. The molecule has 1 aliphatic rings. The van der Waals surface area contributed by atoms with Gasteiger partial charge >= 0.3 is 5.97 Å². The van der Waals surface area contributed by atoms with Crippen molar-refractivity contribution in [1.29, 1.82) is 0 Å². The summed E-state index contributed by atoms with van der Waals surface area (Å²) in [5.41, 5.74) is 0. The number of hydrogen-bond donors (Lipinski definition) is 2. The van der Waals surface area contributed by atoms with Crippen LogP contribution < -0.4 is 5.32 Å². The molecule has 0 saturated carbocycles. The Bertz CT molecular complexity index is 186. The summed E-state index contributed by atoms with van der Waals surface area (Å²) in [6.07, 6.45) is 1.62. The Hall–Kier alpha value is -0.650. The first kappa shape index (κ1) is 11.4. The van der Waals surface area contributed by atoms with E-state index in [9.17, 15) is 4.79 Å². The second kappa shape index (κ2) is 5.95. The fourth-order valence-electron chi connectivity index (χ4n) is 1.60. The van der Waals surface area contributed by atoms with Crippen LogP contribution in [0.5, 0.6) is 0 Å². The molecule has 1 fully saturated rings. The van der Waals surface area contributed by atoms with Crippen LogP contribution in [0.3, 0.4) is 0 Å². The monoisotopic (exact) mass is 203 g/mol. The predicted octanol–water partition coefficient (Wildman–Crippen LogP) is -0.711. The van der Waals surface area contributed by atoms with Crippen LogP contribution in [0.4, 0.5) is 0 Å². The van der Waals surface area contributed by atoms with Gasteiger partial charge in [-0.2, -0.15) is 0 Å². The van der Waals surface area contributed by atoms with Crippen LogP contribution >= 0.6 is 0 Å². The van der Waals surface area contributed by atoms with Crippen LogP contribution in [0.25, 0.3) is 0 Å². The minimum Gasteiger partial charge on any atom is -0.468 e. The van der Waals surface area contributed by atoms with E-state index in [1.54, 1.807) is 0 Å². The van der Waals surface area contributed by atoms with E-state index in [4.69, 9.17) is 9.84 Å². The maximum atomic E-state index is 11.3. The highest BCUT2D eigenvalue weighted by atomic mass is 16.5. The molecule has 2 N–H and O–H groups in total. The van der Waals surface area contributed by atoms with Gasteiger partial charge in [-0.3, -0.25) is 4.79 Å². The van der Waals surface area contributed by atoms with Crippen molar-refractivity contribution in [1.82, 2.24) is 5.32 Å². The summed E-state index contributed by atoms with van der Waals surface area (Å²) in [6, 6.07) is -0.389. The highest BCUT2D eigenvalue weighted by molar-refractivity contribution is 5.76. The number of carbonyl (C=O) groups is 1. The molecule has 1 saturated heterocycles. The first-order valence-electron chi connectivity index (χ1n) is 4.83. The summed E-state index contributed by atoms with van der Waals surface area (Å²) in [7, 11) is 1.36. The lowest BCUT2D eigenvalue weighted by Gasteiger charge is -2.30. The van der Waals surface area contributed by atoms with Crippen LogP contribution in [0.15, 0.2) is 0 Å². The Morgan fingerprint density at radius 2 is 2.43 bits per heavy atom. The molecule has 0 radical (unpaired) electrons. The molecular weight excluding hydrogens is 186 g/mol. The molecule has 0 aromatic carbocycles. The fourth-order valence-corrected chi connectivity index (χ4v) is 1.60. The van der Waals surface area contributed by atoms with E-state index >= 15 is 0 Å². The van der Waals surface area contributed by atoms with Crippen molar-refractivity contribution in [3.63, 3.8) is 0 Å². The molecule has 14 heavy (non-hydrogen) atoms. The zero-order valence-electron chi connectivity index (χ0n) is 8.36. The molecular formula is C9H17NO4. The minimum atomic E-state index is -0.389. The van der Waals surface area contributed by atoms with Gasteiger partial charge in [0.05, 0.1) is 26.4 Å². The predicted molar refractivity (Wildman–Crippen MR) is 49.9 cm³/mol. The number of rotatable bonds is 4. The van der Waals surface area contributed by atoms with Gasteiger partial charge in [-0.05, 0) is 19.4 Å². The summed E-state index contributed by atoms with van der Waals surface area (Å²) in [6.45, 7) is 1.04. The highest BCUT2D eigenvalue weighted by Gasteiger charge is 2.31. The number of aliphatic hydroxyl groups is 1. The smallest absolute Gasteiger partial charge is 0.325 e. The van der Waals surface area contributed by atoms with E-state index in [1.165, 1.54) is 7.11 Å². The van der Waals surface area contributed by atoms with Crippen LogP contribution in [0.1, 0.15) is 12.8 Å². The van der Waals surface area contributed by atoms with Gasteiger partial charge in [-0.15, -0.1) is 0 Å². The van der Waals surface area contributed by atoms with Crippen LogP contribution in [0, 0.1) is 0 Å². The molecule has 2 unspecified atom stereocenters.